The lowest BCUT2D eigenvalue weighted by molar-refractivity contribution is 0.101. The van der Waals surface area contributed by atoms with E-state index in [4.69, 9.17) is 19.6 Å². The van der Waals surface area contributed by atoms with Crippen molar-refractivity contribution in [1.29, 1.82) is 0 Å². The molecule has 258 valence electrons. The predicted octanol–water partition coefficient (Wildman–Crippen LogP) is 5.56. The molecule has 1 amide bonds. The molecule has 4 aromatic rings. The highest BCUT2D eigenvalue weighted by Gasteiger charge is 2.38. The number of anilines is 1. The number of methoxy groups -OCH3 is 1. The first kappa shape index (κ1) is 33.2. The Bertz CT molecular complexity index is 1900. The number of sulfone groups is 1. The van der Waals surface area contributed by atoms with Gasteiger partial charge in [0, 0.05) is 45.8 Å². The number of rotatable bonds is 11. The highest BCUT2D eigenvalue weighted by Crippen LogP contribution is 2.43. The molecule has 1 saturated carbocycles. The molecule has 2 saturated heterocycles. The summed E-state index contributed by atoms with van der Waals surface area (Å²) >= 11 is 0. The molecule has 1 unspecified atom stereocenters. The number of ketones is 1. The zero-order valence-electron chi connectivity index (χ0n) is 27.9. The summed E-state index contributed by atoms with van der Waals surface area (Å²) in [4.78, 5) is 35.3. The van der Waals surface area contributed by atoms with Crippen LogP contribution in [0.2, 0.25) is 0 Å². The van der Waals surface area contributed by atoms with E-state index in [0.29, 0.717) is 24.1 Å². The summed E-state index contributed by atoms with van der Waals surface area (Å²) in [7, 11) is -2.17. The van der Waals surface area contributed by atoms with Gasteiger partial charge in [-0.1, -0.05) is 55.0 Å². The Hall–Kier alpha value is -4.29. The Labute approximate surface area is 287 Å². The number of hydrogen-bond acceptors (Lipinski definition) is 9. The number of fused-ring (bicyclic) bond motifs is 1. The minimum Gasteiger partial charge on any atom is -0.445 e. The first-order valence-corrected chi connectivity index (χ1v) is 19.0. The third-order valence-electron chi connectivity index (χ3n) is 10.2. The number of aromatic nitrogens is 3. The van der Waals surface area contributed by atoms with Crippen molar-refractivity contribution in [3.05, 3.63) is 83.7 Å². The number of Topliss-reactive ketones (excluding diaryl/α,β-unsaturated/α-hetero) is 1. The summed E-state index contributed by atoms with van der Waals surface area (Å²) in [6.07, 6.45) is 4.83. The molecule has 2 aliphatic heterocycles. The number of piperidine rings is 1. The smallest absolute Gasteiger partial charge is 0.410 e. The molecule has 0 radical (unpaired) electrons. The number of hydrogen-bond donors (Lipinski definition) is 0. The maximum atomic E-state index is 14.0. The van der Waals surface area contributed by atoms with E-state index < -0.39 is 32.7 Å². The van der Waals surface area contributed by atoms with E-state index in [1.54, 1.807) is 13.2 Å². The molecule has 12 heteroatoms. The van der Waals surface area contributed by atoms with Crippen LogP contribution >= 0.6 is 0 Å². The lowest BCUT2D eigenvalue weighted by Crippen LogP contribution is -2.36. The third kappa shape index (κ3) is 7.07. The molecule has 3 aliphatic rings. The van der Waals surface area contributed by atoms with E-state index >= 15 is 0 Å². The van der Waals surface area contributed by atoms with Gasteiger partial charge in [0.1, 0.15) is 18.1 Å². The summed E-state index contributed by atoms with van der Waals surface area (Å²) < 4.78 is 40.0. The van der Waals surface area contributed by atoms with Crippen LogP contribution in [0.5, 0.6) is 0 Å². The Morgan fingerprint density at radius 2 is 1.63 bits per heavy atom. The molecular formula is C37H43N5O6S. The fourth-order valence-electron chi connectivity index (χ4n) is 7.18. The quantitative estimate of drug-likeness (QED) is 0.187. The van der Waals surface area contributed by atoms with Crippen LogP contribution < -0.4 is 4.90 Å². The molecule has 49 heavy (non-hydrogen) atoms. The van der Waals surface area contributed by atoms with Gasteiger partial charge in [-0.2, -0.15) is 5.10 Å². The number of pyridine rings is 1. The van der Waals surface area contributed by atoms with E-state index in [9.17, 15) is 18.0 Å². The molecular weight excluding hydrogens is 643 g/mol. The average Bonchev–Trinajstić information content (AvgIpc) is 3.74. The van der Waals surface area contributed by atoms with Crippen LogP contribution in [0.1, 0.15) is 66.2 Å². The standard InChI is InChI=1S/C37H43N5O6S/c1-47-23-27-15-18-40(19-16-27)32-21-31(38-36-34(32)35(28-11-8-12-28)39-42(36)29-13-6-3-7-14-29)33(43)25-49(45,46)30-17-20-41(22-30)37(44)48-24-26-9-4-2-5-10-26/h2-7,9-10,13-14,21,27-28,30H,8,11-12,15-20,22-25H2,1H3. The molecule has 2 aromatic heterocycles. The fraction of sp³-hybridized carbons (Fsp3) is 0.459. The van der Waals surface area contributed by atoms with Crippen LogP contribution in [-0.2, 0) is 25.9 Å². The monoisotopic (exact) mass is 685 g/mol. The first-order valence-electron chi connectivity index (χ1n) is 17.2. The Morgan fingerprint density at radius 3 is 2.31 bits per heavy atom. The molecule has 1 atom stereocenters. The van der Waals surface area contributed by atoms with Gasteiger partial charge in [-0.15, -0.1) is 0 Å². The van der Waals surface area contributed by atoms with Crippen molar-refractivity contribution in [1.82, 2.24) is 19.7 Å². The topological polar surface area (TPSA) is 124 Å². The molecule has 4 heterocycles. The SMILES string of the molecule is COCC1CCN(c2cc(C(=O)CS(=O)(=O)C3CCN(C(=O)OCc4ccccc4)C3)nc3c2c(C2CCC2)nn3-c2ccccc2)CC1. The minimum atomic E-state index is -3.90. The van der Waals surface area contributed by atoms with Crippen molar-refractivity contribution >= 4 is 38.4 Å². The Balaban J connectivity index is 1.16. The van der Waals surface area contributed by atoms with Crippen LogP contribution in [0, 0.1) is 5.92 Å². The highest BCUT2D eigenvalue weighted by atomic mass is 32.2. The van der Waals surface area contributed by atoms with Crippen LogP contribution in [0.25, 0.3) is 16.7 Å². The molecule has 2 aromatic carbocycles. The van der Waals surface area contributed by atoms with Gasteiger partial charge in [0.25, 0.3) is 0 Å². The summed E-state index contributed by atoms with van der Waals surface area (Å²) in [5, 5.41) is 5.19. The van der Waals surface area contributed by atoms with Crippen LogP contribution in [0.15, 0.2) is 66.7 Å². The number of amides is 1. The predicted molar refractivity (Wildman–Crippen MR) is 187 cm³/mol. The molecule has 0 spiro atoms. The number of benzene rings is 2. The van der Waals surface area contributed by atoms with E-state index in [1.165, 1.54) is 4.90 Å². The number of carbonyl (C=O) groups is 2. The largest absolute Gasteiger partial charge is 0.445 e. The number of carbonyl (C=O) groups excluding carboxylic acids is 2. The zero-order valence-corrected chi connectivity index (χ0v) is 28.7. The zero-order chi connectivity index (χ0) is 34.0. The number of nitrogens with zero attached hydrogens (tertiary/aromatic N) is 5. The Morgan fingerprint density at radius 1 is 0.918 bits per heavy atom. The molecule has 0 N–H and O–H groups in total. The van der Waals surface area contributed by atoms with E-state index in [1.807, 2.05) is 65.3 Å². The summed E-state index contributed by atoms with van der Waals surface area (Å²) in [6.45, 7) is 2.64. The fourth-order valence-corrected chi connectivity index (χ4v) is 8.80. The van der Waals surface area contributed by atoms with Crippen LogP contribution in [0.4, 0.5) is 10.5 Å². The van der Waals surface area contributed by atoms with Crippen molar-refractivity contribution in [2.45, 2.75) is 56.3 Å². The van der Waals surface area contributed by atoms with Gasteiger partial charge in [-0.05, 0) is 61.8 Å². The lowest BCUT2D eigenvalue weighted by atomic mass is 9.81. The summed E-state index contributed by atoms with van der Waals surface area (Å²) in [5.74, 6) is -0.475. The van der Waals surface area contributed by atoms with E-state index in [2.05, 4.69) is 4.90 Å². The van der Waals surface area contributed by atoms with Crippen molar-refractivity contribution in [2.24, 2.45) is 5.92 Å². The second kappa shape index (κ2) is 14.3. The molecule has 3 fully saturated rings. The number of para-hydroxylation sites is 1. The molecule has 11 nitrogen and oxygen atoms in total. The maximum absolute atomic E-state index is 14.0. The van der Waals surface area contributed by atoms with Gasteiger partial charge in [0.2, 0.25) is 0 Å². The highest BCUT2D eigenvalue weighted by molar-refractivity contribution is 7.92. The number of likely N-dealkylation sites (tertiary alicyclic amines) is 1. The van der Waals surface area contributed by atoms with Gasteiger partial charge in [-0.3, -0.25) is 4.79 Å². The third-order valence-corrected chi connectivity index (χ3v) is 12.3. The molecule has 7 rings (SSSR count). The van der Waals surface area contributed by atoms with Crippen molar-refractivity contribution in [2.75, 3.05) is 50.5 Å². The molecule has 1 aliphatic carbocycles. The van der Waals surface area contributed by atoms with Gasteiger partial charge in [-0.25, -0.2) is 22.9 Å². The van der Waals surface area contributed by atoms with Crippen molar-refractivity contribution in [3.8, 4) is 5.69 Å². The van der Waals surface area contributed by atoms with E-state index in [0.717, 1.165) is 73.2 Å². The Kier molecular flexibility index (Phi) is 9.68. The second-order valence-corrected chi connectivity index (χ2v) is 15.8. The maximum Gasteiger partial charge on any atom is 0.410 e. The normalized spacial score (nSPS) is 18.9. The van der Waals surface area contributed by atoms with Crippen molar-refractivity contribution in [3.63, 3.8) is 0 Å². The van der Waals surface area contributed by atoms with Gasteiger partial charge >= 0.3 is 6.09 Å². The van der Waals surface area contributed by atoms with Crippen molar-refractivity contribution < 1.29 is 27.5 Å². The molecule has 0 bridgehead atoms. The number of ether oxygens (including phenoxy) is 2. The minimum absolute atomic E-state index is 0.0110. The van der Waals surface area contributed by atoms with Crippen LogP contribution in [0.3, 0.4) is 0 Å². The van der Waals surface area contributed by atoms with Gasteiger partial charge in [0.15, 0.2) is 21.3 Å². The first-order chi connectivity index (χ1) is 23.8. The summed E-state index contributed by atoms with van der Waals surface area (Å²) in [5.41, 5.74) is 4.24. The van der Waals surface area contributed by atoms with Gasteiger partial charge < -0.3 is 19.3 Å². The lowest BCUT2D eigenvalue weighted by Gasteiger charge is -2.34. The van der Waals surface area contributed by atoms with Crippen LogP contribution in [-0.4, -0.2) is 90.9 Å². The second-order valence-electron chi connectivity index (χ2n) is 13.5. The summed E-state index contributed by atoms with van der Waals surface area (Å²) in [6, 6.07) is 20.9. The van der Waals surface area contributed by atoms with E-state index in [-0.39, 0.29) is 31.8 Å². The average molecular weight is 686 g/mol. The van der Waals surface area contributed by atoms with Gasteiger partial charge in [0.05, 0.1) is 27.7 Å².